The topological polar surface area (TPSA) is 12.0 Å². The lowest BCUT2D eigenvalue weighted by molar-refractivity contribution is 0.374. The fourth-order valence-electron chi connectivity index (χ4n) is 2.69. The van der Waals surface area contributed by atoms with Gasteiger partial charge in [0.2, 0.25) is 0 Å². The summed E-state index contributed by atoms with van der Waals surface area (Å²) in [5, 5.41) is 5.19. The molecule has 0 spiro atoms. The Labute approximate surface area is 129 Å². The molecule has 0 atom stereocenters. The number of nitrogens with one attached hydrogen (secondary N) is 1. The van der Waals surface area contributed by atoms with Crippen molar-refractivity contribution in [2.24, 2.45) is 0 Å². The highest BCUT2D eigenvalue weighted by Crippen LogP contribution is 2.39. The summed E-state index contributed by atoms with van der Waals surface area (Å²) in [5.74, 6) is 0.618. The van der Waals surface area contributed by atoms with Crippen molar-refractivity contribution in [1.82, 2.24) is 0 Å². The lowest BCUT2D eigenvalue weighted by atomic mass is 9.76. The first-order valence-corrected chi connectivity index (χ1v) is 7.65. The van der Waals surface area contributed by atoms with Gasteiger partial charge in [0.1, 0.15) is 0 Å². The lowest BCUT2D eigenvalue weighted by Gasteiger charge is -2.37. The van der Waals surface area contributed by atoms with E-state index in [1.807, 2.05) is 25.1 Å². The van der Waals surface area contributed by atoms with Crippen molar-refractivity contribution in [3.63, 3.8) is 0 Å². The molecule has 0 bridgehead atoms. The first-order chi connectivity index (χ1) is 9.61. The van der Waals surface area contributed by atoms with Crippen LogP contribution in [0.25, 0.3) is 0 Å². The Bertz CT molecular complexity index is 618. The van der Waals surface area contributed by atoms with Gasteiger partial charge >= 0.3 is 0 Å². The molecular weight excluding hydrogens is 289 g/mol. The highest BCUT2D eigenvalue weighted by Gasteiger charge is 2.30. The Kier molecular flexibility index (Phi) is 3.91. The van der Waals surface area contributed by atoms with Gasteiger partial charge in [0.25, 0.3) is 0 Å². The zero-order chi connectivity index (χ0) is 14.1. The molecule has 1 saturated carbocycles. The molecule has 1 fully saturated rings. The maximum Gasteiger partial charge on any atom is 0.0455 e. The molecule has 1 nitrogen and oxygen atoms in total. The van der Waals surface area contributed by atoms with Crippen molar-refractivity contribution in [1.29, 1.82) is 0 Å². The summed E-state index contributed by atoms with van der Waals surface area (Å²) in [5.41, 5.74) is 3.57. The van der Waals surface area contributed by atoms with E-state index in [9.17, 15) is 0 Å². The van der Waals surface area contributed by atoms with Gasteiger partial charge in [-0.05, 0) is 61.1 Å². The van der Waals surface area contributed by atoms with Gasteiger partial charge in [0.15, 0.2) is 0 Å². The number of benzene rings is 2. The number of halogens is 2. The van der Waals surface area contributed by atoms with Crippen molar-refractivity contribution < 1.29 is 0 Å². The second-order valence-electron chi connectivity index (χ2n) is 5.53. The second kappa shape index (κ2) is 5.67. The van der Waals surface area contributed by atoms with Crippen LogP contribution in [0.5, 0.6) is 0 Å². The van der Waals surface area contributed by atoms with Crippen molar-refractivity contribution in [3.05, 3.63) is 63.6 Å². The predicted octanol–water partition coefficient (Wildman–Crippen LogP) is 5.66. The van der Waals surface area contributed by atoms with E-state index < -0.39 is 0 Å². The molecule has 0 unspecified atom stereocenters. The third-order valence-electron chi connectivity index (χ3n) is 4.00. The van der Waals surface area contributed by atoms with Crippen LogP contribution in [0.3, 0.4) is 0 Å². The molecule has 0 saturated heterocycles. The van der Waals surface area contributed by atoms with Crippen molar-refractivity contribution in [3.8, 4) is 0 Å². The van der Waals surface area contributed by atoms with Crippen LogP contribution in [0, 0.1) is 6.92 Å². The number of anilines is 1. The Morgan fingerprint density at radius 1 is 1.05 bits per heavy atom. The summed E-state index contributed by atoms with van der Waals surface area (Å²) >= 11 is 12.2. The molecule has 1 N–H and O–H groups in total. The molecule has 0 aliphatic heterocycles. The maximum absolute atomic E-state index is 6.15. The van der Waals surface area contributed by atoms with Crippen LogP contribution in [0.15, 0.2) is 42.5 Å². The minimum Gasteiger partial charge on any atom is -0.382 e. The lowest BCUT2D eigenvalue weighted by Crippen LogP contribution is -2.33. The number of hydrogen-bond acceptors (Lipinski definition) is 1. The summed E-state index contributed by atoms with van der Waals surface area (Å²) in [6, 6.07) is 14.9. The normalized spacial score (nSPS) is 21.4. The fourth-order valence-corrected chi connectivity index (χ4v) is 3.07. The first-order valence-electron chi connectivity index (χ1n) is 6.90. The average molecular weight is 306 g/mol. The Hall–Kier alpha value is -1.18. The standard InChI is InChI=1S/C17H17Cl2N/c1-11-5-6-15(10-17(11)19)20-16-8-13(9-16)12-3-2-4-14(18)7-12/h2-7,10,13,16,20H,8-9H2,1H3. The average Bonchev–Trinajstić information content (AvgIpc) is 2.37. The largest absolute Gasteiger partial charge is 0.382 e. The molecule has 1 aliphatic rings. The molecule has 3 rings (SSSR count). The Morgan fingerprint density at radius 2 is 1.85 bits per heavy atom. The van der Waals surface area contributed by atoms with E-state index in [0.717, 1.165) is 34.1 Å². The molecule has 2 aromatic carbocycles. The SMILES string of the molecule is Cc1ccc(NC2CC(c3cccc(Cl)c3)C2)cc1Cl. The van der Waals surface area contributed by atoms with E-state index in [1.165, 1.54) is 5.56 Å². The Morgan fingerprint density at radius 3 is 2.55 bits per heavy atom. The molecule has 20 heavy (non-hydrogen) atoms. The van der Waals surface area contributed by atoms with E-state index in [0.29, 0.717) is 12.0 Å². The number of aryl methyl sites for hydroxylation is 1. The zero-order valence-corrected chi connectivity index (χ0v) is 12.9. The quantitative estimate of drug-likeness (QED) is 0.771. The summed E-state index contributed by atoms with van der Waals surface area (Å²) in [6.45, 7) is 2.02. The monoisotopic (exact) mass is 305 g/mol. The van der Waals surface area contributed by atoms with Crippen LogP contribution in [0.1, 0.15) is 29.9 Å². The molecule has 0 radical (unpaired) electrons. The summed E-state index contributed by atoms with van der Waals surface area (Å²) in [4.78, 5) is 0. The van der Waals surface area contributed by atoms with E-state index in [2.05, 4.69) is 29.6 Å². The van der Waals surface area contributed by atoms with Gasteiger partial charge in [-0.1, -0.05) is 41.4 Å². The van der Waals surface area contributed by atoms with Gasteiger partial charge in [0, 0.05) is 21.8 Å². The van der Waals surface area contributed by atoms with Gasteiger partial charge < -0.3 is 5.32 Å². The number of rotatable bonds is 3. The van der Waals surface area contributed by atoms with E-state index >= 15 is 0 Å². The van der Waals surface area contributed by atoms with Gasteiger partial charge in [-0.25, -0.2) is 0 Å². The molecular formula is C17H17Cl2N. The minimum absolute atomic E-state index is 0.526. The molecule has 0 aromatic heterocycles. The molecule has 3 heteroatoms. The van der Waals surface area contributed by atoms with E-state index in [-0.39, 0.29) is 0 Å². The van der Waals surface area contributed by atoms with Crippen molar-refractivity contribution in [2.45, 2.75) is 31.7 Å². The minimum atomic E-state index is 0.526. The third-order valence-corrected chi connectivity index (χ3v) is 4.64. The predicted molar refractivity (Wildman–Crippen MR) is 87.0 cm³/mol. The fraction of sp³-hybridized carbons (Fsp3) is 0.294. The van der Waals surface area contributed by atoms with Crippen molar-refractivity contribution in [2.75, 3.05) is 5.32 Å². The molecule has 2 aromatic rings. The van der Waals surface area contributed by atoms with Crippen molar-refractivity contribution >= 4 is 28.9 Å². The van der Waals surface area contributed by atoms with Crippen LogP contribution in [0.4, 0.5) is 5.69 Å². The first kappa shape index (κ1) is 13.8. The summed E-state index contributed by atoms with van der Waals surface area (Å²) in [7, 11) is 0. The van der Waals surface area contributed by atoms with Crippen LogP contribution in [0.2, 0.25) is 10.0 Å². The van der Waals surface area contributed by atoms with Gasteiger partial charge in [-0.2, -0.15) is 0 Å². The Balaban J connectivity index is 1.59. The second-order valence-corrected chi connectivity index (χ2v) is 6.37. The van der Waals surface area contributed by atoms with Crippen LogP contribution >= 0.6 is 23.2 Å². The van der Waals surface area contributed by atoms with Crippen LogP contribution < -0.4 is 5.32 Å². The van der Waals surface area contributed by atoms with Crippen LogP contribution in [-0.2, 0) is 0 Å². The van der Waals surface area contributed by atoms with Gasteiger partial charge in [0.05, 0.1) is 0 Å². The molecule has 0 amide bonds. The van der Waals surface area contributed by atoms with Gasteiger partial charge in [-0.15, -0.1) is 0 Å². The molecule has 1 aliphatic carbocycles. The highest BCUT2D eigenvalue weighted by atomic mass is 35.5. The molecule has 0 heterocycles. The zero-order valence-electron chi connectivity index (χ0n) is 11.4. The smallest absolute Gasteiger partial charge is 0.0455 e. The van der Waals surface area contributed by atoms with Crippen LogP contribution in [-0.4, -0.2) is 6.04 Å². The third kappa shape index (κ3) is 2.94. The number of hydrogen-bond donors (Lipinski definition) is 1. The summed E-state index contributed by atoms with van der Waals surface area (Å²) < 4.78 is 0. The van der Waals surface area contributed by atoms with E-state index in [1.54, 1.807) is 0 Å². The van der Waals surface area contributed by atoms with Gasteiger partial charge in [-0.3, -0.25) is 0 Å². The molecule has 104 valence electrons. The van der Waals surface area contributed by atoms with E-state index in [4.69, 9.17) is 23.2 Å². The maximum atomic E-state index is 6.15. The highest BCUT2D eigenvalue weighted by molar-refractivity contribution is 6.31. The summed E-state index contributed by atoms with van der Waals surface area (Å²) in [6.07, 6.45) is 2.29.